The number of hydrogen-bond donors (Lipinski definition) is 1. The molecule has 4 rings (SSSR count). The molecule has 1 aliphatic carbocycles. The van der Waals surface area contributed by atoms with Gasteiger partial charge in [-0.2, -0.15) is 5.10 Å². The van der Waals surface area contributed by atoms with Gasteiger partial charge in [-0.3, -0.25) is 9.40 Å². The van der Waals surface area contributed by atoms with Crippen LogP contribution in [0.15, 0.2) is 35.1 Å². The Labute approximate surface area is 154 Å². The van der Waals surface area contributed by atoms with E-state index in [1.165, 1.54) is 12.8 Å². The normalized spacial score (nSPS) is 15.3. The molecular weight excluding hydrogens is 352 g/mol. The first kappa shape index (κ1) is 17.1. The number of nitrogens with zero attached hydrogens (tertiary/aromatic N) is 3. The number of rotatable bonds is 9. The van der Waals surface area contributed by atoms with Crippen molar-refractivity contribution in [2.45, 2.75) is 32.2 Å². The molecule has 1 aliphatic rings. The molecule has 1 unspecified atom stereocenters. The van der Waals surface area contributed by atoms with E-state index in [4.69, 9.17) is 9.26 Å². The van der Waals surface area contributed by atoms with E-state index in [2.05, 4.69) is 15.0 Å². The molecule has 0 spiro atoms. The van der Waals surface area contributed by atoms with E-state index in [0.717, 1.165) is 24.3 Å². The van der Waals surface area contributed by atoms with Gasteiger partial charge < -0.3 is 9.26 Å². The maximum Gasteiger partial charge on any atom is 0.192 e. The topological polar surface area (TPSA) is 82.2 Å². The molecule has 1 fully saturated rings. The van der Waals surface area contributed by atoms with E-state index >= 15 is 0 Å². The van der Waals surface area contributed by atoms with Crippen molar-refractivity contribution in [3.05, 3.63) is 36.2 Å². The Bertz CT molecular complexity index is 903. The number of ether oxygens (including phenoxy) is 1. The van der Waals surface area contributed by atoms with Crippen molar-refractivity contribution in [1.82, 2.24) is 14.9 Å². The Morgan fingerprint density at radius 3 is 3.04 bits per heavy atom. The van der Waals surface area contributed by atoms with Gasteiger partial charge in [-0.25, -0.2) is 4.21 Å². The van der Waals surface area contributed by atoms with Gasteiger partial charge in [0.1, 0.15) is 22.1 Å². The minimum Gasteiger partial charge on any atom is -0.496 e. The van der Waals surface area contributed by atoms with E-state index in [1.807, 2.05) is 29.1 Å². The van der Waals surface area contributed by atoms with Crippen LogP contribution in [0.3, 0.4) is 0 Å². The molecule has 0 amide bonds. The van der Waals surface area contributed by atoms with Crippen LogP contribution in [0.1, 0.15) is 31.2 Å². The SMILES string of the molecule is COc1cc(Cn2cccn2)cc2onc(NS(=O)CCCC3CC3)c12. The largest absolute Gasteiger partial charge is 0.496 e. The van der Waals surface area contributed by atoms with Crippen LogP contribution in [0.4, 0.5) is 5.82 Å². The Hall–Kier alpha value is -2.35. The van der Waals surface area contributed by atoms with Crippen molar-refractivity contribution in [1.29, 1.82) is 0 Å². The summed E-state index contributed by atoms with van der Waals surface area (Å²) in [6.07, 6.45) is 8.41. The highest BCUT2D eigenvalue weighted by atomic mass is 32.2. The lowest BCUT2D eigenvalue weighted by atomic mass is 10.1. The summed E-state index contributed by atoms with van der Waals surface area (Å²) in [7, 11) is 0.429. The van der Waals surface area contributed by atoms with Crippen LogP contribution >= 0.6 is 0 Å². The highest BCUT2D eigenvalue weighted by Gasteiger charge is 2.21. The number of anilines is 1. The fraction of sp³-hybridized carbons (Fsp3) is 0.444. The van der Waals surface area contributed by atoms with Gasteiger partial charge in [0.15, 0.2) is 11.4 Å². The second kappa shape index (κ2) is 7.49. The number of benzene rings is 1. The molecule has 2 aromatic heterocycles. The van der Waals surface area contributed by atoms with Crippen LogP contribution in [-0.2, 0) is 17.5 Å². The summed E-state index contributed by atoms with van der Waals surface area (Å²) < 4.78 is 28.1. The minimum absolute atomic E-state index is 0.465. The lowest BCUT2D eigenvalue weighted by Gasteiger charge is -2.08. The standard InChI is InChI=1S/C18H22N4O3S/c1-24-15-10-14(12-22-8-3-7-19-22)11-16-17(15)18(20-25-16)21-26(23)9-2-4-13-5-6-13/h3,7-8,10-11,13H,2,4-6,9,12H2,1H3,(H,20,21). The summed E-state index contributed by atoms with van der Waals surface area (Å²) in [6.45, 7) is 0.607. The molecule has 7 nitrogen and oxygen atoms in total. The lowest BCUT2D eigenvalue weighted by Crippen LogP contribution is -2.09. The smallest absolute Gasteiger partial charge is 0.192 e. The highest BCUT2D eigenvalue weighted by molar-refractivity contribution is 7.86. The summed E-state index contributed by atoms with van der Waals surface area (Å²) in [5.74, 6) is 2.58. The average Bonchev–Trinajstić information content (AvgIpc) is 3.15. The Morgan fingerprint density at radius 2 is 2.31 bits per heavy atom. The fourth-order valence-electron chi connectivity index (χ4n) is 3.06. The molecular formula is C18H22N4O3S. The second-order valence-corrected chi connectivity index (χ2v) is 7.95. The van der Waals surface area contributed by atoms with E-state index in [9.17, 15) is 4.21 Å². The van der Waals surface area contributed by atoms with Crippen LogP contribution < -0.4 is 9.46 Å². The monoisotopic (exact) mass is 374 g/mol. The van der Waals surface area contributed by atoms with Crippen molar-refractivity contribution >= 4 is 27.8 Å². The van der Waals surface area contributed by atoms with Crippen LogP contribution in [0.25, 0.3) is 11.0 Å². The van der Waals surface area contributed by atoms with Gasteiger partial charge in [0.05, 0.1) is 13.7 Å². The molecule has 3 aromatic rings. The average molecular weight is 374 g/mol. The molecule has 2 heterocycles. The van der Waals surface area contributed by atoms with Gasteiger partial charge in [-0.1, -0.05) is 18.0 Å². The van der Waals surface area contributed by atoms with Crippen LogP contribution in [0.5, 0.6) is 5.75 Å². The van der Waals surface area contributed by atoms with Crippen molar-refractivity contribution in [3.8, 4) is 5.75 Å². The van der Waals surface area contributed by atoms with E-state index in [1.54, 1.807) is 13.3 Å². The van der Waals surface area contributed by atoms with Gasteiger partial charge in [-0.05, 0) is 42.5 Å². The molecule has 1 N–H and O–H groups in total. The van der Waals surface area contributed by atoms with E-state index < -0.39 is 11.0 Å². The first-order valence-electron chi connectivity index (χ1n) is 8.81. The van der Waals surface area contributed by atoms with Crippen molar-refractivity contribution in [2.75, 3.05) is 17.6 Å². The summed E-state index contributed by atoms with van der Waals surface area (Å²) in [4.78, 5) is 0. The third kappa shape index (κ3) is 3.90. The third-order valence-electron chi connectivity index (χ3n) is 4.57. The van der Waals surface area contributed by atoms with Gasteiger partial charge >= 0.3 is 0 Å². The molecule has 0 radical (unpaired) electrons. The first-order chi connectivity index (χ1) is 12.7. The number of nitrogens with one attached hydrogen (secondary N) is 1. The first-order valence-corrected chi connectivity index (χ1v) is 10.1. The minimum atomic E-state index is -1.18. The molecule has 0 aliphatic heterocycles. The summed E-state index contributed by atoms with van der Waals surface area (Å²) in [5.41, 5.74) is 1.59. The summed E-state index contributed by atoms with van der Waals surface area (Å²) in [5, 5.41) is 8.99. The Morgan fingerprint density at radius 1 is 1.42 bits per heavy atom. The van der Waals surface area contributed by atoms with Crippen LogP contribution in [0.2, 0.25) is 0 Å². The molecule has 0 saturated heterocycles. The summed E-state index contributed by atoms with van der Waals surface area (Å²) in [6, 6.07) is 5.72. The Kier molecular flexibility index (Phi) is 4.92. The highest BCUT2D eigenvalue weighted by Crippen LogP contribution is 2.35. The van der Waals surface area contributed by atoms with E-state index in [0.29, 0.717) is 34.8 Å². The number of methoxy groups -OCH3 is 1. The van der Waals surface area contributed by atoms with Crippen LogP contribution in [0, 0.1) is 5.92 Å². The molecule has 1 aromatic carbocycles. The quantitative estimate of drug-likeness (QED) is 0.621. The Balaban J connectivity index is 1.51. The zero-order valence-electron chi connectivity index (χ0n) is 14.7. The molecule has 8 heteroatoms. The zero-order valence-corrected chi connectivity index (χ0v) is 15.5. The zero-order chi connectivity index (χ0) is 17.9. The molecule has 138 valence electrons. The van der Waals surface area contributed by atoms with Crippen molar-refractivity contribution in [3.63, 3.8) is 0 Å². The third-order valence-corrected chi connectivity index (χ3v) is 5.65. The van der Waals surface area contributed by atoms with Crippen molar-refractivity contribution in [2.24, 2.45) is 5.92 Å². The van der Waals surface area contributed by atoms with Gasteiger partial charge in [0.25, 0.3) is 0 Å². The van der Waals surface area contributed by atoms with E-state index in [-0.39, 0.29) is 0 Å². The molecule has 1 saturated carbocycles. The predicted molar refractivity (Wildman–Crippen MR) is 100 cm³/mol. The van der Waals surface area contributed by atoms with Gasteiger partial charge in [0, 0.05) is 18.1 Å². The summed E-state index contributed by atoms with van der Waals surface area (Å²) >= 11 is 0. The molecule has 1 atom stereocenters. The number of fused-ring (bicyclic) bond motifs is 1. The fourth-order valence-corrected chi connectivity index (χ4v) is 3.95. The van der Waals surface area contributed by atoms with Gasteiger partial charge in [0.2, 0.25) is 0 Å². The van der Waals surface area contributed by atoms with Crippen LogP contribution in [-0.4, -0.2) is 32.0 Å². The maximum absolute atomic E-state index is 12.3. The number of hydrogen-bond acceptors (Lipinski definition) is 5. The van der Waals surface area contributed by atoms with Crippen molar-refractivity contribution < 1.29 is 13.5 Å². The lowest BCUT2D eigenvalue weighted by molar-refractivity contribution is 0.418. The number of aromatic nitrogens is 3. The maximum atomic E-state index is 12.3. The molecule has 26 heavy (non-hydrogen) atoms. The predicted octanol–water partition coefficient (Wildman–Crippen LogP) is 3.35. The molecule has 0 bridgehead atoms. The van der Waals surface area contributed by atoms with Gasteiger partial charge in [-0.15, -0.1) is 0 Å². The second-order valence-electron chi connectivity index (χ2n) is 6.64.